The van der Waals surface area contributed by atoms with Crippen LogP contribution in [-0.4, -0.2) is 32.3 Å². The lowest BCUT2D eigenvalue weighted by Crippen LogP contribution is -2.39. The van der Waals surface area contributed by atoms with Crippen LogP contribution in [0.15, 0.2) is 47.2 Å². The maximum absolute atomic E-state index is 12.9. The van der Waals surface area contributed by atoms with Crippen LogP contribution in [0.25, 0.3) is 11.3 Å². The first kappa shape index (κ1) is 15.6. The number of rotatable bonds is 3. The van der Waals surface area contributed by atoms with E-state index in [0.29, 0.717) is 19.5 Å². The van der Waals surface area contributed by atoms with Crippen molar-refractivity contribution in [3.05, 3.63) is 59.6 Å². The van der Waals surface area contributed by atoms with Gasteiger partial charge in [-0.15, -0.1) is 0 Å². The molecule has 25 heavy (non-hydrogen) atoms. The molecule has 6 nitrogen and oxygen atoms in total. The highest BCUT2D eigenvalue weighted by molar-refractivity contribution is 5.80. The van der Waals surface area contributed by atoms with Crippen molar-refractivity contribution < 1.29 is 9.32 Å². The summed E-state index contributed by atoms with van der Waals surface area (Å²) in [4.78, 5) is 14.8. The molecule has 1 atom stereocenters. The molecule has 1 amide bonds. The van der Waals surface area contributed by atoms with Gasteiger partial charge in [-0.1, -0.05) is 35.5 Å². The molecule has 1 aliphatic heterocycles. The maximum atomic E-state index is 12.9. The van der Waals surface area contributed by atoms with Crippen molar-refractivity contribution in [1.29, 1.82) is 0 Å². The zero-order valence-corrected chi connectivity index (χ0v) is 14.3. The van der Waals surface area contributed by atoms with Crippen LogP contribution in [0.3, 0.4) is 0 Å². The fourth-order valence-electron chi connectivity index (χ4n) is 3.24. The Kier molecular flexibility index (Phi) is 3.87. The lowest BCUT2D eigenvalue weighted by molar-refractivity contribution is -0.135. The molecule has 0 saturated heterocycles. The van der Waals surface area contributed by atoms with Crippen molar-refractivity contribution in [1.82, 2.24) is 19.8 Å². The highest BCUT2D eigenvalue weighted by atomic mass is 16.5. The van der Waals surface area contributed by atoms with Crippen molar-refractivity contribution in [3.63, 3.8) is 0 Å². The molecule has 128 valence electrons. The lowest BCUT2D eigenvalue weighted by Gasteiger charge is -2.28. The molecule has 2 aromatic heterocycles. The Balaban J connectivity index is 1.58. The molecule has 0 aliphatic carbocycles. The van der Waals surface area contributed by atoms with Gasteiger partial charge < -0.3 is 9.42 Å². The summed E-state index contributed by atoms with van der Waals surface area (Å²) >= 11 is 0. The summed E-state index contributed by atoms with van der Waals surface area (Å²) in [6, 6.07) is 9.62. The summed E-state index contributed by atoms with van der Waals surface area (Å²) in [5, 5.41) is 8.51. The molecule has 3 heterocycles. The molecule has 1 aromatic carbocycles. The van der Waals surface area contributed by atoms with Gasteiger partial charge in [-0.05, 0) is 19.4 Å². The Hall–Kier alpha value is -2.89. The van der Waals surface area contributed by atoms with Crippen LogP contribution in [0.5, 0.6) is 0 Å². The second-order valence-electron chi connectivity index (χ2n) is 6.48. The van der Waals surface area contributed by atoms with Gasteiger partial charge in [0.15, 0.2) is 0 Å². The van der Waals surface area contributed by atoms with E-state index in [4.69, 9.17) is 4.52 Å². The van der Waals surface area contributed by atoms with Crippen molar-refractivity contribution in [2.24, 2.45) is 0 Å². The molecule has 0 spiro atoms. The van der Waals surface area contributed by atoms with Crippen LogP contribution < -0.4 is 0 Å². The number of hydrogen-bond acceptors (Lipinski definition) is 4. The first-order valence-electron chi connectivity index (χ1n) is 8.46. The molecule has 4 rings (SSSR count). The van der Waals surface area contributed by atoms with E-state index < -0.39 is 0 Å². The smallest absolute Gasteiger partial charge is 0.247 e. The monoisotopic (exact) mass is 336 g/mol. The Bertz CT molecular complexity index is 897. The fraction of sp³-hybridized carbons (Fsp3) is 0.316. The number of carbonyl (C=O) groups is 1. The number of carbonyl (C=O) groups excluding carboxylic acids is 1. The van der Waals surface area contributed by atoms with Crippen LogP contribution >= 0.6 is 0 Å². The lowest BCUT2D eigenvalue weighted by atomic mass is 10.0. The zero-order chi connectivity index (χ0) is 17.4. The van der Waals surface area contributed by atoms with E-state index in [-0.39, 0.29) is 11.9 Å². The summed E-state index contributed by atoms with van der Waals surface area (Å²) < 4.78 is 7.23. The third kappa shape index (κ3) is 2.84. The number of nitrogens with zero attached hydrogens (tertiary/aromatic N) is 4. The van der Waals surface area contributed by atoms with Gasteiger partial charge in [-0.3, -0.25) is 9.48 Å². The van der Waals surface area contributed by atoms with E-state index in [1.54, 1.807) is 10.9 Å². The maximum Gasteiger partial charge on any atom is 0.247 e. The number of hydrogen-bond donors (Lipinski definition) is 0. The average molecular weight is 336 g/mol. The number of aromatic nitrogens is 3. The van der Waals surface area contributed by atoms with Crippen molar-refractivity contribution in [3.8, 4) is 11.3 Å². The SMILES string of the molecule is Cc1cnn(C(C)C(=O)N2CCc3onc(-c4ccccc4)c3C2)c1. The van der Waals surface area contributed by atoms with Gasteiger partial charge in [0.1, 0.15) is 17.5 Å². The average Bonchev–Trinajstić information content (AvgIpc) is 3.27. The predicted molar refractivity (Wildman–Crippen MR) is 92.7 cm³/mol. The van der Waals surface area contributed by atoms with Gasteiger partial charge in [0.2, 0.25) is 5.91 Å². The largest absolute Gasteiger partial charge is 0.360 e. The number of amides is 1. The minimum Gasteiger partial charge on any atom is -0.360 e. The topological polar surface area (TPSA) is 64.2 Å². The highest BCUT2D eigenvalue weighted by Gasteiger charge is 2.30. The first-order valence-corrected chi connectivity index (χ1v) is 8.46. The van der Waals surface area contributed by atoms with Crippen LogP contribution in [0.2, 0.25) is 0 Å². The molecule has 0 bridgehead atoms. The van der Waals surface area contributed by atoms with Gasteiger partial charge >= 0.3 is 0 Å². The van der Waals surface area contributed by atoms with E-state index in [0.717, 1.165) is 28.1 Å². The molecular weight excluding hydrogens is 316 g/mol. The molecule has 3 aromatic rings. The number of benzene rings is 1. The predicted octanol–water partition coefficient (Wildman–Crippen LogP) is 2.99. The van der Waals surface area contributed by atoms with E-state index in [9.17, 15) is 4.79 Å². The third-order valence-corrected chi connectivity index (χ3v) is 4.67. The third-order valence-electron chi connectivity index (χ3n) is 4.67. The van der Waals surface area contributed by atoms with Gasteiger partial charge in [-0.2, -0.15) is 5.10 Å². The zero-order valence-electron chi connectivity index (χ0n) is 14.3. The van der Waals surface area contributed by atoms with Crippen LogP contribution in [0.1, 0.15) is 29.9 Å². The van der Waals surface area contributed by atoms with Crippen molar-refractivity contribution in [2.75, 3.05) is 6.54 Å². The molecular formula is C19H20N4O2. The molecule has 1 unspecified atom stereocenters. The van der Waals surface area contributed by atoms with Crippen LogP contribution in [0, 0.1) is 6.92 Å². The van der Waals surface area contributed by atoms with Gasteiger partial charge in [-0.25, -0.2) is 0 Å². The van der Waals surface area contributed by atoms with Crippen LogP contribution in [-0.2, 0) is 17.8 Å². The summed E-state index contributed by atoms with van der Waals surface area (Å²) in [5.74, 6) is 0.944. The molecule has 6 heteroatoms. The van der Waals surface area contributed by atoms with E-state index in [1.807, 2.05) is 55.3 Å². The summed E-state index contributed by atoms with van der Waals surface area (Å²) in [6.07, 6.45) is 4.35. The standard InChI is InChI=1S/C19H20N4O2/c1-13-10-20-23(11-13)14(2)19(24)22-9-8-17-16(12-22)18(21-25-17)15-6-4-3-5-7-15/h3-7,10-11,14H,8-9,12H2,1-2H3. The van der Waals surface area contributed by atoms with Crippen molar-refractivity contribution >= 4 is 5.91 Å². The Labute approximate surface area is 146 Å². The minimum atomic E-state index is -0.324. The summed E-state index contributed by atoms with van der Waals surface area (Å²) in [7, 11) is 0. The normalized spacial score (nSPS) is 15.0. The highest BCUT2D eigenvalue weighted by Crippen LogP contribution is 2.30. The minimum absolute atomic E-state index is 0.0639. The Morgan fingerprint density at radius 3 is 2.80 bits per heavy atom. The van der Waals surface area contributed by atoms with Gasteiger partial charge in [0.05, 0.1) is 12.7 Å². The number of fused-ring (bicyclic) bond motifs is 1. The second kappa shape index (κ2) is 6.20. The van der Waals surface area contributed by atoms with Crippen LogP contribution in [0.4, 0.5) is 0 Å². The Morgan fingerprint density at radius 2 is 2.08 bits per heavy atom. The van der Waals surface area contributed by atoms with E-state index in [2.05, 4.69) is 10.3 Å². The summed E-state index contributed by atoms with van der Waals surface area (Å²) in [5.41, 5.74) is 3.90. The Morgan fingerprint density at radius 1 is 1.28 bits per heavy atom. The van der Waals surface area contributed by atoms with E-state index in [1.165, 1.54) is 0 Å². The van der Waals surface area contributed by atoms with Gasteiger partial charge in [0, 0.05) is 30.3 Å². The fourth-order valence-corrected chi connectivity index (χ4v) is 3.24. The van der Waals surface area contributed by atoms with Crippen molar-refractivity contribution in [2.45, 2.75) is 32.9 Å². The molecule has 1 aliphatic rings. The second-order valence-corrected chi connectivity index (χ2v) is 6.48. The molecule has 0 saturated carbocycles. The summed E-state index contributed by atoms with van der Waals surface area (Å²) in [6.45, 7) is 5.01. The van der Waals surface area contributed by atoms with E-state index >= 15 is 0 Å². The molecule has 0 N–H and O–H groups in total. The number of aryl methyl sites for hydroxylation is 1. The molecule has 0 radical (unpaired) electrons. The van der Waals surface area contributed by atoms with Gasteiger partial charge in [0.25, 0.3) is 0 Å². The quantitative estimate of drug-likeness (QED) is 0.737. The first-order chi connectivity index (χ1) is 12.1. The molecule has 0 fully saturated rings.